The Morgan fingerprint density at radius 3 is 2.62 bits per heavy atom. The maximum atomic E-state index is 13.5. The first kappa shape index (κ1) is 13.2. The summed E-state index contributed by atoms with van der Waals surface area (Å²) in [6, 6.07) is 3.09. The normalized spacial score (nSPS) is 32.4. The van der Waals surface area contributed by atoms with Crippen molar-refractivity contribution in [3.8, 4) is 0 Å². The van der Waals surface area contributed by atoms with Crippen molar-refractivity contribution in [2.75, 3.05) is 0 Å². The minimum absolute atomic E-state index is 0.312. The van der Waals surface area contributed by atoms with E-state index in [1.165, 1.54) is 12.1 Å². The zero-order valence-corrected chi connectivity index (χ0v) is 12.0. The highest BCUT2D eigenvalue weighted by atomic mass is 19.2. The molecule has 0 bridgehead atoms. The number of rotatable bonds is 3. The molecule has 0 unspecified atom stereocenters. The third kappa shape index (κ3) is 1.90. The molecule has 0 aliphatic heterocycles. The van der Waals surface area contributed by atoms with E-state index in [1.807, 2.05) is 4.57 Å². The lowest BCUT2D eigenvalue weighted by Gasteiger charge is -2.19. The van der Waals surface area contributed by atoms with Crippen LogP contribution in [0, 0.1) is 29.4 Å². The monoisotopic (exact) mass is 291 g/mol. The molecular formula is C16H19F2N3. The average Bonchev–Trinajstić information content (AvgIpc) is 2.83. The van der Waals surface area contributed by atoms with Gasteiger partial charge in [0.2, 0.25) is 0 Å². The first-order chi connectivity index (χ1) is 10.1. The van der Waals surface area contributed by atoms with E-state index in [1.54, 1.807) is 6.33 Å². The van der Waals surface area contributed by atoms with Crippen molar-refractivity contribution in [3.05, 3.63) is 30.1 Å². The molecule has 21 heavy (non-hydrogen) atoms. The molecule has 3 nitrogen and oxygen atoms in total. The van der Waals surface area contributed by atoms with Gasteiger partial charge in [-0.05, 0) is 37.0 Å². The summed E-state index contributed by atoms with van der Waals surface area (Å²) in [6.07, 6.45) is 4.90. The second kappa shape index (κ2) is 4.50. The lowest BCUT2D eigenvalue weighted by Crippen LogP contribution is -2.24. The third-order valence-electron chi connectivity index (χ3n) is 5.46. The van der Waals surface area contributed by atoms with Crippen LogP contribution < -0.4 is 5.73 Å². The zero-order valence-electron chi connectivity index (χ0n) is 12.0. The summed E-state index contributed by atoms with van der Waals surface area (Å²) < 4.78 is 28.7. The van der Waals surface area contributed by atoms with Gasteiger partial charge in [0.05, 0.1) is 17.4 Å². The molecule has 5 heteroatoms. The largest absolute Gasteiger partial charge is 0.327 e. The molecule has 2 aromatic rings. The van der Waals surface area contributed by atoms with Gasteiger partial charge in [-0.3, -0.25) is 0 Å². The number of fused-ring (bicyclic) bond motifs is 2. The van der Waals surface area contributed by atoms with Gasteiger partial charge in [-0.2, -0.15) is 0 Å². The Balaban J connectivity index is 1.58. The van der Waals surface area contributed by atoms with Gasteiger partial charge in [-0.15, -0.1) is 0 Å². The predicted molar refractivity (Wildman–Crippen MR) is 76.7 cm³/mol. The maximum absolute atomic E-state index is 13.5. The van der Waals surface area contributed by atoms with Crippen LogP contribution >= 0.6 is 0 Å². The number of hydrogen-bond donors (Lipinski definition) is 1. The van der Waals surface area contributed by atoms with Crippen LogP contribution in [0.4, 0.5) is 8.78 Å². The Morgan fingerprint density at radius 2 is 1.95 bits per heavy atom. The number of hydrogen-bond acceptors (Lipinski definition) is 2. The van der Waals surface area contributed by atoms with Gasteiger partial charge in [-0.1, -0.05) is 6.92 Å². The van der Waals surface area contributed by atoms with Crippen LogP contribution in [-0.4, -0.2) is 15.6 Å². The van der Waals surface area contributed by atoms with Crippen LogP contribution in [0.2, 0.25) is 0 Å². The molecule has 4 rings (SSSR count). The van der Waals surface area contributed by atoms with Crippen LogP contribution in [0.5, 0.6) is 0 Å². The number of imidazole rings is 1. The van der Waals surface area contributed by atoms with Gasteiger partial charge in [0, 0.05) is 24.2 Å². The molecule has 0 spiro atoms. The summed E-state index contributed by atoms with van der Waals surface area (Å²) in [6.45, 7) is 2.14. The van der Waals surface area contributed by atoms with E-state index < -0.39 is 11.6 Å². The average molecular weight is 291 g/mol. The Morgan fingerprint density at radius 1 is 1.29 bits per heavy atom. The summed E-state index contributed by atoms with van der Waals surface area (Å²) in [5.74, 6) is 0.421. The van der Waals surface area contributed by atoms with E-state index in [9.17, 15) is 8.78 Å². The fraction of sp³-hybridized carbons (Fsp3) is 0.562. The molecule has 2 aliphatic carbocycles. The number of halogens is 2. The topological polar surface area (TPSA) is 43.8 Å². The van der Waals surface area contributed by atoms with Crippen LogP contribution in [0.1, 0.15) is 32.2 Å². The van der Waals surface area contributed by atoms with Crippen molar-refractivity contribution >= 4 is 11.0 Å². The van der Waals surface area contributed by atoms with E-state index in [0.29, 0.717) is 40.9 Å². The van der Waals surface area contributed by atoms with Crippen LogP contribution in [0.25, 0.3) is 11.0 Å². The molecule has 5 atom stereocenters. The third-order valence-corrected chi connectivity index (χ3v) is 5.46. The number of nitrogens with zero attached hydrogens (tertiary/aromatic N) is 2. The molecule has 1 aromatic carbocycles. The molecule has 0 radical (unpaired) electrons. The second-order valence-corrected chi connectivity index (χ2v) is 6.51. The quantitative estimate of drug-likeness (QED) is 0.943. The van der Waals surface area contributed by atoms with Crippen molar-refractivity contribution in [2.24, 2.45) is 23.5 Å². The minimum Gasteiger partial charge on any atom is -0.327 e. The molecule has 0 saturated heterocycles. The highest BCUT2D eigenvalue weighted by molar-refractivity contribution is 5.75. The summed E-state index contributed by atoms with van der Waals surface area (Å²) in [5.41, 5.74) is 7.36. The Bertz CT molecular complexity index is 684. The van der Waals surface area contributed by atoms with Crippen LogP contribution in [0.3, 0.4) is 0 Å². The minimum atomic E-state index is -0.837. The predicted octanol–water partition coefficient (Wildman–Crippen LogP) is 3.25. The molecule has 2 aliphatic rings. The van der Waals surface area contributed by atoms with E-state index in [-0.39, 0.29) is 0 Å². The number of aromatic nitrogens is 2. The van der Waals surface area contributed by atoms with Crippen molar-refractivity contribution < 1.29 is 8.78 Å². The Kier molecular flexibility index (Phi) is 2.83. The van der Waals surface area contributed by atoms with E-state index in [4.69, 9.17) is 5.73 Å². The molecule has 0 amide bonds. The van der Waals surface area contributed by atoms with Gasteiger partial charge in [-0.25, -0.2) is 13.8 Å². The fourth-order valence-electron chi connectivity index (χ4n) is 4.31. The molecule has 1 heterocycles. The zero-order chi connectivity index (χ0) is 14.7. The van der Waals surface area contributed by atoms with Gasteiger partial charge in [0.1, 0.15) is 0 Å². The fourth-order valence-corrected chi connectivity index (χ4v) is 4.31. The molecule has 2 saturated carbocycles. The second-order valence-electron chi connectivity index (χ2n) is 6.51. The van der Waals surface area contributed by atoms with Crippen LogP contribution in [-0.2, 0) is 0 Å². The first-order valence-electron chi connectivity index (χ1n) is 7.67. The summed E-state index contributed by atoms with van der Waals surface area (Å²) >= 11 is 0. The Hall–Kier alpha value is -1.49. The first-order valence-corrected chi connectivity index (χ1v) is 7.67. The van der Waals surface area contributed by atoms with Gasteiger partial charge >= 0.3 is 0 Å². The highest BCUT2D eigenvalue weighted by Crippen LogP contribution is 2.62. The van der Waals surface area contributed by atoms with Crippen molar-refractivity contribution in [1.29, 1.82) is 0 Å². The summed E-state index contributed by atoms with van der Waals surface area (Å²) in [5, 5.41) is 0. The molecule has 1 aromatic heterocycles. The van der Waals surface area contributed by atoms with Gasteiger partial charge < -0.3 is 10.3 Å². The van der Waals surface area contributed by atoms with Crippen LogP contribution in [0.15, 0.2) is 18.5 Å². The Labute approximate surface area is 122 Å². The van der Waals surface area contributed by atoms with Gasteiger partial charge in [0.15, 0.2) is 11.6 Å². The van der Waals surface area contributed by atoms with Gasteiger partial charge in [0.25, 0.3) is 0 Å². The summed E-state index contributed by atoms with van der Waals surface area (Å²) in [7, 11) is 0. The molecule has 112 valence electrons. The maximum Gasteiger partial charge on any atom is 0.161 e. The van der Waals surface area contributed by atoms with E-state index in [0.717, 1.165) is 19.3 Å². The SMILES string of the molecule is CC[C@@H](N)[C@H]1[C@@H]2C[C@@H](n3cnc4cc(F)c(F)cc43)C[C@@H]21. The molecular weight excluding hydrogens is 272 g/mol. The summed E-state index contributed by atoms with van der Waals surface area (Å²) in [4.78, 5) is 4.21. The smallest absolute Gasteiger partial charge is 0.161 e. The van der Waals surface area contributed by atoms with Crippen molar-refractivity contribution in [3.63, 3.8) is 0 Å². The number of benzene rings is 1. The lowest BCUT2D eigenvalue weighted by atomic mass is 10.00. The molecule has 2 N–H and O–H groups in total. The van der Waals surface area contributed by atoms with Crippen molar-refractivity contribution in [1.82, 2.24) is 9.55 Å². The van der Waals surface area contributed by atoms with E-state index in [2.05, 4.69) is 11.9 Å². The lowest BCUT2D eigenvalue weighted by molar-refractivity contribution is 0.396. The molecule has 2 fully saturated rings. The number of nitrogens with two attached hydrogens (primary N) is 1. The van der Waals surface area contributed by atoms with Crippen molar-refractivity contribution in [2.45, 2.75) is 38.3 Å². The van der Waals surface area contributed by atoms with E-state index >= 15 is 0 Å². The highest BCUT2D eigenvalue weighted by Gasteiger charge is 2.58. The standard InChI is InChI=1S/C16H19F2N3/c1-2-13(19)16-9-3-8(4-10(9)16)21-7-20-14-5-11(17)12(18)6-15(14)21/h5-10,13,16H,2-4,19H2,1H3/t8-,9-,10+,13-,16+/m1/s1.